The van der Waals surface area contributed by atoms with Crippen LogP contribution in [0.3, 0.4) is 0 Å². The van der Waals surface area contributed by atoms with Crippen LogP contribution in [-0.2, 0) is 4.79 Å². The number of rotatable bonds is 6. The van der Waals surface area contributed by atoms with Crippen molar-refractivity contribution in [2.75, 3.05) is 12.4 Å². The number of amides is 1. The lowest BCUT2D eigenvalue weighted by molar-refractivity contribution is -0.115. The van der Waals surface area contributed by atoms with Gasteiger partial charge >= 0.3 is 0 Å². The molecule has 2 aromatic rings. The number of aryl methyl sites for hydroxylation is 1. The standard InChI is InChI=1S/C16H19N3O3S/c1-4-13(23-16-17-10(2)9-14(20)19-16)15(21)18-11-7-5-6-8-12(11)22-3/h5-9,13H,4H2,1-3H3,(H,18,21)(H,17,19,20)/t13-/m0/s1. The molecule has 1 aromatic heterocycles. The molecule has 2 N–H and O–H groups in total. The number of aromatic amines is 1. The highest BCUT2D eigenvalue weighted by molar-refractivity contribution is 8.00. The molecule has 0 radical (unpaired) electrons. The molecule has 122 valence electrons. The quantitative estimate of drug-likeness (QED) is 0.627. The first-order valence-electron chi connectivity index (χ1n) is 7.22. The average Bonchev–Trinajstić information content (AvgIpc) is 2.52. The van der Waals surface area contributed by atoms with Crippen LogP contribution in [0.2, 0.25) is 0 Å². The first-order valence-corrected chi connectivity index (χ1v) is 8.10. The van der Waals surface area contributed by atoms with Gasteiger partial charge in [0.05, 0.1) is 18.0 Å². The van der Waals surface area contributed by atoms with Crippen molar-refractivity contribution in [3.05, 3.63) is 46.4 Å². The van der Waals surface area contributed by atoms with Crippen molar-refractivity contribution in [2.24, 2.45) is 0 Å². The molecular weight excluding hydrogens is 314 g/mol. The molecule has 0 fully saturated rings. The van der Waals surface area contributed by atoms with Crippen molar-refractivity contribution in [3.8, 4) is 5.75 Å². The van der Waals surface area contributed by atoms with Crippen LogP contribution in [0.25, 0.3) is 0 Å². The van der Waals surface area contributed by atoms with Gasteiger partial charge in [-0.1, -0.05) is 30.8 Å². The van der Waals surface area contributed by atoms with E-state index in [1.165, 1.54) is 17.8 Å². The monoisotopic (exact) mass is 333 g/mol. The molecule has 1 heterocycles. The second kappa shape index (κ2) is 7.82. The van der Waals surface area contributed by atoms with Crippen LogP contribution in [0.15, 0.2) is 40.3 Å². The number of nitrogens with one attached hydrogen (secondary N) is 2. The maximum absolute atomic E-state index is 12.5. The van der Waals surface area contributed by atoms with Crippen LogP contribution in [0, 0.1) is 6.92 Å². The van der Waals surface area contributed by atoms with Crippen molar-refractivity contribution in [2.45, 2.75) is 30.7 Å². The third kappa shape index (κ3) is 4.59. The lowest BCUT2D eigenvalue weighted by Crippen LogP contribution is -2.25. The number of nitrogens with zero attached hydrogens (tertiary/aromatic N) is 1. The molecule has 0 unspecified atom stereocenters. The van der Waals surface area contributed by atoms with Gasteiger partial charge in [0, 0.05) is 11.8 Å². The Morgan fingerprint density at radius 2 is 2.17 bits per heavy atom. The van der Waals surface area contributed by atoms with Gasteiger partial charge < -0.3 is 15.0 Å². The highest BCUT2D eigenvalue weighted by Crippen LogP contribution is 2.26. The summed E-state index contributed by atoms with van der Waals surface area (Å²) in [6, 6.07) is 8.64. The SMILES string of the molecule is CC[C@H](Sc1nc(C)cc(=O)[nH]1)C(=O)Nc1ccccc1OC. The molecule has 6 nitrogen and oxygen atoms in total. The molecule has 0 spiro atoms. The third-order valence-corrected chi connectivity index (χ3v) is 4.38. The molecule has 0 saturated heterocycles. The second-order valence-electron chi connectivity index (χ2n) is 4.90. The summed E-state index contributed by atoms with van der Waals surface area (Å²) in [4.78, 5) is 30.9. The lowest BCUT2D eigenvalue weighted by Gasteiger charge is -2.15. The number of hydrogen-bond acceptors (Lipinski definition) is 5. The Bertz CT molecular complexity index is 745. The van der Waals surface area contributed by atoms with Gasteiger partial charge in [0.1, 0.15) is 5.75 Å². The van der Waals surface area contributed by atoms with Gasteiger partial charge in [-0.25, -0.2) is 4.98 Å². The smallest absolute Gasteiger partial charge is 0.251 e. The molecule has 0 saturated carbocycles. The molecule has 7 heteroatoms. The Hall–Kier alpha value is -2.28. The number of methoxy groups -OCH3 is 1. The van der Waals surface area contributed by atoms with Gasteiger partial charge in [-0.15, -0.1) is 0 Å². The second-order valence-corrected chi connectivity index (χ2v) is 6.09. The van der Waals surface area contributed by atoms with Crippen molar-refractivity contribution >= 4 is 23.4 Å². The fourth-order valence-corrected chi connectivity index (χ4v) is 2.98. The van der Waals surface area contributed by atoms with E-state index in [-0.39, 0.29) is 16.7 Å². The van der Waals surface area contributed by atoms with Gasteiger partial charge in [-0.05, 0) is 25.5 Å². The molecule has 1 amide bonds. The predicted molar refractivity (Wildman–Crippen MR) is 91.2 cm³/mol. The van der Waals surface area contributed by atoms with Crippen LogP contribution in [0.5, 0.6) is 5.75 Å². The molecule has 0 bridgehead atoms. The highest BCUT2D eigenvalue weighted by atomic mass is 32.2. The number of para-hydroxylation sites is 2. The summed E-state index contributed by atoms with van der Waals surface area (Å²) in [7, 11) is 1.55. The summed E-state index contributed by atoms with van der Waals surface area (Å²) in [6.07, 6.45) is 0.600. The Morgan fingerprint density at radius 1 is 1.43 bits per heavy atom. The number of H-pyrrole nitrogens is 1. The molecule has 0 aliphatic carbocycles. The van der Waals surface area contributed by atoms with Gasteiger partial charge in [0.25, 0.3) is 5.56 Å². The first kappa shape index (κ1) is 17.1. The van der Waals surface area contributed by atoms with E-state index in [0.717, 1.165) is 0 Å². The Balaban J connectivity index is 2.13. The first-order chi connectivity index (χ1) is 11.0. The number of aromatic nitrogens is 2. The van der Waals surface area contributed by atoms with Gasteiger partial charge in [-0.2, -0.15) is 0 Å². The van der Waals surface area contributed by atoms with Gasteiger partial charge in [0.15, 0.2) is 5.16 Å². The van der Waals surface area contributed by atoms with E-state index in [0.29, 0.717) is 28.7 Å². The van der Waals surface area contributed by atoms with E-state index in [1.807, 2.05) is 19.1 Å². The Labute approximate surface area is 138 Å². The topological polar surface area (TPSA) is 84.1 Å². The van der Waals surface area contributed by atoms with Crippen LogP contribution in [0.1, 0.15) is 19.0 Å². The fourth-order valence-electron chi connectivity index (χ4n) is 2.03. The van der Waals surface area contributed by atoms with E-state index in [1.54, 1.807) is 26.2 Å². The number of carbonyl (C=O) groups excluding carboxylic acids is 1. The maximum Gasteiger partial charge on any atom is 0.251 e. The zero-order valence-electron chi connectivity index (χ0n) is 13.3. The summed E-state index contributed by atoms with van der Waals surface area (Å²) in [5.74, 6) is 0.439. The molecule has 1 atom stereocenters. The third-order valence-electron chi connectivity index (χ3n) is 3.13. The summed E-state index contributed by atoms with van der Waals surface area (Å²) in [5.41, 5.74) is 1.01. The predicted octanol–water partition coefficient (Wildman–Crippen LogP) is 2.60. The van der Waals surface area contributed by atoms with E-state index >= 15 is 0 Å². The summed E-state index contributed by atoms with van der Waals surface area (Å²) < 4.78 is 5.23. The average molecular weight is 333 g/mol. The van der Waals surface area contributed by atoms with Gasteiger partial charge in [-0.3, -0.25) is 9.59 Å². The molecule has 2 rings (SSSR count). The normalized spacial score (nSPS) is 11.8. The van der Waals surface area contributed by atoms with Crippen LogP contribution < -0.4 is 15.6 Å². The van der Waals surface area contributed by atoms with Gasteiger partial charge in [0.2, 0.25) is 5.91 Å². The summed E-state index contributed by atoms with van der Waals surface area (Å²) in [5, 5.41) is 2.93. The molecule has 1 aromatic carbocycles. The van der Waals surface area contributed by atoms with Crippen LogP contribution >= 0.6 is 11.8 Å². The molecule has 23 heavy (non-hydrogen) atoms. The molecule has 0 aliphatic rings. The number of hydrogen-bond donors (Lipinski definition) is 2. The van der Waals surface area contributed by atoms with Crippen molar-refractivity contribution < 1.29 is 9.53 Å². The fraction of sp³-hybridized carbons (Fsp3) is 0.312. The minimum atomic E-state index is -0.370. The largest absolute Gasteiger partial charge is 0.495 e. The molecule has 0 aliphatic heterocycles. The summed E-state index contributed by atoms with van der Waals surface area (Å²) >= 11 is 1.24. The van der Waals surface area contributed by atoms with E-state index < -0.39 is 0 Å². The number of carbonyl (C=O) groups is 1. The zero-order chi connectivity index (χ0) is 16.8. The van der Waals surface area contributed by atoms with Crippen LogP contribution in [0.4, 0.5) is 5.69 Å². The Morgan fingerprint density at radius 3 is 2.83 bits per heavy atom. The number of anilines is 1. The van der Waals surface area contributed by atoms with Crippen molar-refractivity contribution in [1.29, 1.82) is 0 Å². The number of ether oxygens (including phenoxy) is 1. The summed E-state index contributed by atoms with van der Waals surface area (Å²) in [6.45, 7) is 3.66. The zero-order valence-corrected chi connectivity index (χ0v) is 14.1. The van der Waals surface area contributed by atoms with E-state index in [9.17, 15) is 9.59 Å². The number of thioether (sulfide) groups is 1. The van der Waals surface area contributed by atoms with E-state index in [4.69, 9.17) is 4.74 Å². The highest BCUT2D eigenvalue weighted by Gasteiger charge is 2.20. The van der Waals surface area contributed by atoms with E-state index in [2.05, 4.69) is 15.3 Å². The maximum atomic E-state index is 12.5. The molecular formula is C16H19N3O3S. The van der Waals surface area contributed by atoms with Crippen LogP contribution in [-0.4, -0.2) is 28.2 Å². The Kier molecular flexibility index (Phi) is 5.81. The minimum absolute atomic E-state index is 0.161. The lowest BCUT2D eigenvalue weighted by atomic mass is 10.2. The van der Waals surface area contributed by atoms with Crippen molar-refractivity contribution in [3.63, 3.8) is 0 Å². The number of benzene rings is 1. The van der Waals surface area contributed by atoms with Crippen molar-refractivity contribution in [1.82, 2.24) is 9.97 Å². The minimum Gasteiger partial charge on any atom is -0.495 e.